The van der Waals surface area contributed by atoms with Crippen molar-refractivity contribution in [2.24, 2.45) is 0 Å². The summed E-state index contributed by atoms with van der Waals surface area (Å²) in [7, 11) is 0. The van der Waals surface area contributed by atoms with E-state index in [9.17, 15) is 9.59 Å². The van der Waals surface area contributed by atoms with Crippen molar-refractivity contribution in [2.75, 3.05) is 13.1 Å². The van der Waals surface area contributed by atoms with Crippen LogP contribution < -0.4 is 0 Å². The average molecular weight is 327 g/mol. The topological polar surface area (TPSA) is 46.6 Å². The van der Waals surface area contributed by atoms with E-state index in [1.807, 2.05) is 40.6 Å². The molecule has 0 N–H and O–H groups in total. The predicted molar refractivity (Wildman–Crippen MR) is 87.4 cm³/mol. The summed E-state index contributed by atoms with van der Waals surface area (Å²) in [5, 5.41) is 1.98. The summed E-state index contributed by atoms with van der Waals surface area (Å²) in [4.78, 5) is 27.7. The molecular formula is C18H17NO3S. The lowest BCUT2D eigenvalue weighted by atomic mass is 9.85. The van der Waals surface area contributed by atoms with Crippen LogP contribution in [0.2, 0.25) is 0 Å². The SMILES string of the molecule is O=C1OC2(CCCN(C(=O)Cc3cccs3)C2)c2ccccc21. The normalized spacial score (nSPS) is 23.0. The number of thiophene rings is 1. The summed E-state index contributed by atoms with van der Waals surface area (Å²) in [5.41, 5.74) is 0.913. The van der Waals surface area contributed by atoms with Crippen LogP contribution in [0.1, 0.15) is 33.6 Å². The number of rotatable bonds is 2. The smallest absolute Gasteiger partial charge is 0.339 e. The number of carbonyl (C=O) groups is 2. The lowest BCUT2D eigenvalue weighted by molar-refractivity contribution is -0.137. The van der Waals surface area contributed by atoms with Gasteiger partial charge < -0.3 is 9.64 Å². The minimum absolute atomic E-state index is 0.104. The van der Waals surface area contributed by atoms with Gasteiger partial charge in [-0.2, -0.15) is 0 Å². The third kappa shape index (κ3) is 2.45. The van der Waals surface area contributed by atoms with Crippen LogP contribution in [0.4, 0.5) is 0 Å². The highest BCUT2D eigenvalue weighted by molar-refractivity contribution is 7.10. The fourth-order valence-electron chi connectivity index (χ4n) is 3.56. The summed E-state index contributed by atoms with van der Waals surface area (Å²) in [6.45, 7) is 1.19. The van der Waals surface area contributed by atoms with Gasteiger partial charge in [0.05, 0.1) is 18.5 Å². The molecule has 2 aliphatic rings. The molecular weight excluding hydrogens is 310 g/mol. The Morgan fingerprint density at radius 1 is 1.26 bits per heavy atom. The molecule has 0 radical (unpaired) electrons. The fourth-order valence-corrected chi connectivity index (χ4v) is 4.25. The number of likely N-dealkylation sites (tertiary alicyclic amines) is 1. The summed E-state index contributed by atoms with van der Waals surface area (Å²) in [5.74, 6) is -0.167. The molecule has 2 aliphatic heterocycles. The van der Waals surface area contributed by atoms with Crippen molar-refractivity contribution in [3.63, 3.8) is 0 Å². The Hall–Kier alpha value is -2.14. The van der Waals surface area contributed by atoms with Gasteiger partial charge in [0.25, 0.3) is 0 Å². The Bertz CT molecular complexity index is 755. The van der Waals surface area contributed by atoms with Gasteiger partial charge in [0.1, 0.15) is 0 Å². The predicted octanol–water partition coefficient (Wildman–Crippen LogP) is 2.98. The highest BCUT2D eigenvalue weighted by Gasteiger charge is 2.48. The monoisotopic (exact) mass is 327 g/mol. The molecule has 4 rings (SSSR count). The van der Waals surface area contributed by atoms with Crippen LogP contribution in [0.15, 0.2) is 41.8 Å². The first-order valence-electron chi connectivity index (χ1n) is 7.81. The van der Waals surface area contributed by atoms with Crippen molar-refractivity contribution >= 4 is 23.2 Å². The first kappa shape index (κ1) is 14.5. The van der Waals surface area contributed by atoms with E-state index in [1.165, 1.54) is 0 Å². The maximum absolute atomic E-state index is 12.6. The third-order valence-corrected chi connectivity index (χ3v) is 5.52. The van der Waals surface area contributed by atoms with Crippen molar-refractivity contribution in [2.45, 2.75) is 24.9 Å². The summed E-state index contributed by atoms with van der Waals surface area (Å²) >= 11 is 1.60. The molecule has 2 aromatic rings. The van der Waals surface area contributed by atoms with Crippen LogP contribution in [-0.4, -0.2) is 29.9 Å². The molecule has 1 atom stereocenters. The highest BCUT2D eigenvalue weighted by atomic mass is 32.1. The number of hydrogen-bond acceptors (Lipinski definition) is 4. The number of carbonyl (C=O) groups excluding carboxylic acids is 2. The van der Waals surface area contributed by atoms with Gasteiger partial charge in [-0.1, -0.05) is 24.3 Å². The van der Waals surface area contributed by atoms with Crippen molar-refractivity contribution < 1.29 is 14.3 Å². The van der Waals surface area contributed by atoms with Crippen LogP contribution in [0.25, 0.3) is 0 Å². The second kappa shape index (κ2) is 5.49. The molecule has 0 saturated carbocycles. The van der Waals surface area contributed by atoms with Crippen LogP contribution in [-0.2, 0) is 21.6 Å². The molecule has 0 bridgehead atoms. The Balaban J connectivity index is 1.58. The number of hydrogen-bond donors (Lipinski definition) is 0. The largest absolute Gasteiger partial charge is 0.449 e. The van der Waals surface area contributed by atoms with E-state index in [1.54, 1.807) is 17.4 Å². The van der Waals surface area contributed by atoms with E-state index in [0.717, 1.165) is 29.8 Å². The molecule has 1 spiro atoms. The van der Waals surface area contributed by atoms with Crippen LogP contribution in [0.3, 0.4) is 0 Å². The Labute approximate surface area is 138 Å². The lowest BCUT2D eigenvalue weighted by Crippen LogP contribution is -2.49. The maximum atomic E-state index is 12.6. The number of piperidine rings is 1. The molecule has 1 unspecified atom stereocenters. The molecule has 1 aromatic carbocycles. The summed E-state index contributed by atoms with van der Waals surface area (Å²) in [6, 6.07) is 11.5. The third-order valence-electron chi connectivity index (χ3n) is 4.64. The molecule has 118 valence electrons. The molecule has 3 heterocycles. The van der Waals surface area contributed by atoms with E-state index in [4.69, 9.17) is 4.74 Å². The van der Waals surface area contributed by atoms with Crippen molar-refractivity contribution in [3.8, 4) is 0 Å². The van der Waals surface area contributed by atoms with Gasteiger partial charge in [-0.05, 0) is 30.4 Å². The van der Waals surface area contributed by atoms with Gasteiger partial charge in [0, 0.05) is 17.0 Å². The minimum atomic E-state index is -0.656. The van der Waals surface area contributed by atoms with E-state index >= 15 is 0 Å². The summed E-state index contributed by atoms with van der Waals surface area (Å²) < 4.78 is 5.75. The zero-order valence-corrected chi connectivity index (χ0v) is 13.5. The standard InChI is InChI=1S/C18H17NO3S/c20-16(11-13-5-3-10-23-13)19-9-4-8-18(12-19)15-7-2-1-6-14(15)17(21)22-18/h1-3,5-7,10H,4,8-9,11-12H2. The zero-order valence-electron chi connectivity index (χ0n) is 12.7. The Morgan fingerprint density at radius 2 is 2.13 bits per heavy atom. The molecule has 1 aromatic heterocycles. The molecule has 23 heavy (non-hydrogen) atoms. The van der Waals surface area contributed by atoms with Gasteiger partial charge in [0.15, 0.2) is 5.60 Å². The number of fused-ring (bicyclic) bond motifs is 2. The molecule has 1 saturated heterocycles. The van der Waals surface area contributed by atoms with Crippen molar-refractivity contribution in [1.29, 1.82) is 0 Å². The second-order valence-electron chi connectivity index (χ2n) is 6.10. The van der Waals surface area contributed by atoms with E-state index < -0.39 is 5.60 Å². The second-order valence-corrected chi connectivity index (χ2v) is 7.14. The number of esters is 1. The van der Waals surface area contributed by atoms with Gasteiger partial charge >= 0.3 is 5.97 Å². The van der Waals surface area contributed by atoms with Gasteiger partial charge in [-0.25, -0.2) is 4.79 Å². The molecule has 4 nitrogen and oxygen atoms in total. The minimum Gasteiger partial charge on any atom is -0.449 e. The first-order chi connectivity index (χ1) is 11.2. The van der Waals surface area contributed by atoms with Crippen molar-refractivity contribution in [3.05, 3.63) is 57.8 Å². The van der Waals surface area contributed by atoms with E-state index in [0.29, 0.717) is 18.5 Å². The van der Waals surface area contributed by atoms with Crippen LogP contribution in [0.5, 0.6) is 0 Å². The zero-order chi connectivity index (χ0) is 15.9. The summed E-state index contributed by atoms with van der Waals surface area (Å²) in [6.07, 6.45) is 2.04. The average Bonchev–Trinajstić information content (AvgIpc) is 3.16. The molecule has 5 heteroatoms. The highest BCUT2D eigenvalue weighted by Crippen LogP contribution is 2.42. The van der Waals surface area contributed by atoms with Gasteiger partial charge in [-0.15, -0.1) is 11.3 Å². The van der Waals surface area contributed by atoms with Crippen LogP contribution in [0, 0.1) is 0 Å². The first-order valence-corrected chi connectivity index (χ1v) is 8.69. The lowest BCUT2D eigenvalue weighted by Gasteiger charge is -2.39. The van der Waals surface area contributed by atoms with Gasteiger partial charge in [-0.3, -0.25) is 4.79 Å². The van der Waals surface area contributed by atoms with Crippen molar-refractivity contribution in [1.82, 2.24) is 4.90 Å². The van der Waals surface area contributed by atoms with E-state index in [-0.39, 0.29) is 11.9 Å². The van der Waals surface area contributed by atoms with Gasteiger partial charge in [0.2, 0.25) is 5.91 Å². The maximum Gasteiger partial charge on any atom is 0.339 e. The molecule has 1 amide bonds. The number of ether oxygens (including phenoxy) is 1. The Morgan fingerprint density at radius 3 is 2.96 bits per heavy atom. The number of amides is 1. The van der Waals surface area contributed by atoms with Crippen LogP contribution >= 0.6 is 11.3 Å². The molecule has 1 fully saturated rings. The van der Waals surface area contributed by atoms with E-state index in [2.05, 4.69) is 0 Å². The fraction of sp³-hybridized carbons (Fsp3) is 0.333. The number of nitrogens with zero attached hydrogens (tertiary/aromatic N) is 1. The molecule has 0 aliphatic carbocycles. The quantitative estimate of drug-likeness (QED) is 0.797. The number of benzene rings is 1. The Kier molecular flexibility index (Phi) is 3.45.